The van der Waals surface area contributed by atoms with Gasteiger partial charge in [0.15, 0.2) is 0 Å². The van der Waals surface area contributed by atoms with Crippen molar-refractivity contribution in [1.82, 2.24) is 9.88 Å². The average molecular weight is 290 g/mol. The van der Waals surface area contributed by atoms with Crippen molar-refractivity contribution < 1.29 is 0 Å². The maximum atomic E-state index is 3.89. The van der Waals surface area contributed by atoms with Gasteiger partial charge in [0.05, 0.1) is 0 Å². The molecular weight excluding hydrogens is 256 g/mol. The number of hydrogen-bond acceptors (Lipinski definition) is 1. The molecule has 1 aliphatic rings. The van der Waals surface area contributed by atoms with Crippen LogP contribution < -0.4 is 5.32 Å². The summed E-state index contributed by atoms with van der Waals surface area (Å²) in [6, 6.07) is 3.06. The van der Waals surface area contributed by atoms with Crippen LogP contribution in [0, 0.1) is 31.6 Å². The van der Waals surface area contributed by atoms with Crippen molar-refractivity contribution in [3.05, 3.63) is 23.0 Å². The van der Waals surface area contributed by atoms with Gasteiger partial charge < -0.3 is 9.88 Å². The number of nitrogens with one attached hydrogen (secondary N) is 1. The molecular formula is C19H34N2. The van der Waals surface area contributed by atoms with E-state index in [0.29, 0.717) is 6.04 Å². The van der Waals surface area contributed by atoms with E-state index in [1.807, 2.05) is 0 Å². The molecule has 1 aliphatic carbocycles. The lowest BCUT2D eigenvalue weighted by molar-refractivity contribution is 0.169. The predicted octanol–water partition coefficient (Wildman–Crippen LogP) is 4.68. The van der Waals surface area contributed by atoms with Crippen LogP contribution in [0.2, 0.25) is 0 Å². The highest BCUT2D eigenvalue weighted by Crippen LogP contribution is 2.33. The number of nitrogens with zero attached hydrogens (tertiary/aromatic N) is 1. The van der Waals surface area contributed by atoms with Gasteiger partial charge in [-0.25, -0.2) is 0 Å². The fourth-order valence-electron chi connectivity index (χ4n) is 4.22. The third kappa shape index (κ3) is 3.71. The number of aromatic nitrogens is 1. The zero-order valence-corrected chi connectivity index (χ0v) is 14.9. The fraction of sp³-hybridized carbons (Fsp3) is 0.789. The SMILES string of the molecule is CCn1c(C)cc(CNC2CC(C)CCC2C(C)C)c1C. The van der Waals surface area contributed by atoms with Crippen molar-refractivity contribution in [3.63, 3.8) is 0 Å². The first-order valence-electron chi connectivity index (χ1n) is 8.83. The molecule has 21 heavy (non-hydrogen) atoms. The quantitative estimate of drug-likeness (QED) is 0.833. The van der Waals surface area contributed by atoms with Gasteiger partial charge in [0.1, 0.15) is 0 Å². The minimum Gasteiger partial charge on any atom is -0.349 e. The zero-order chi connectivity index (χ0) is 15.6. The Hall–Kier alpha value is -0.760. The summed E-state index contributed by atoms with van der Waals surface area (Å²) in [5.41, 5.74) is 4.31. The lowest BCUT2D eigenvalue weighted by Crippen LogP contribution is -2.42. The van der Waals surface area contributed by atoms with Crippen LogP contribution in [-0.4, -0.2) is 10.6 Å². The van der Waals surface area contributed by atoms with Crippen LogP contribution in [-0.2, 0) is 13.1 Å². The molecule has 0 aromatic carbocycles. The fourth-order valence-corrected chi connectivity index (χ4v) is 4.22. The van der Waals surface area contributed by atoms with Crippen molar-refractivity contribution in [2.45, 2.75) is 79.9 Å². The Labute approximate surface area is 131 Å². The molecule has 1 saturated carbocycles. The monoisotopic (exact) mass is 290 g/mol. The first kappa shape index (κ1) is 16.6. The molecule has 0 radical (unpaired) electrons. The van der Waals surface area contributed by atoms with Crippen LogP contribution in [0.3, 0.4) is 0 Å². The Bertz CT molecular complexity index is 458. The van der Waals surface area contributed by atoms with Gasteiger partial charge in [0.25, 0.3) is 0 Å². The molecule has 1 aromatic rings. The molecule has 0 saturated heterocycles. The summed E-state index contributed by atoms with van der Waals surface area (Å²) in [5.74, 6) is 2.51. The molecule has 3 atom stereocenters. The molecule has 3 unspecified atom stereocenters. The maximum Gasteiger partial charge on any atom is 0.0226 e. The summed E-state index contributed by atoms with van der Waals surface area (Å²) >= 11 is 0. The highest BCUT2D eigenvalue weighted by molar-refractivity contribution is 5.26. The summed E-state index contributed by atoms with van der Waals surface area (Å²) < 4.78 is 2.42. The molecule has 0 amide bonds. The lowest BCUT2D eigenvalue weighted by atomic mass is 9.74. The average Bonchev–Trinajstić information content (AvgIpc) is 2.70. The molecule has 120 valence electrons. The predicted molar refractivity (Wildman–Crippen MR) is 91.6 cm³/mol. The maximum absolute atomic E-state index is 3.89. The Balaban J connectivity index is 2.03. The van der Waals surface area contributed by atoms with E-state index in [4.69, 9.17) is 0 Å². The van der Waals surface area contributed by atoms with Crippen molar-refractivity contribution in [1.29, 1.82) is 0 Å². The molecule has 0 spiro atoms. The van der Waals surface area contributed by atoms with Gasteiger partial charge in [0.2, 0.25) is 0 Å². The highest BCUT2D eigenvalue weighted by atomic mass is 15.0. The Morgan fingerprint density at radius 3 is 2.57 bits per heavy atom. The van der Waals surface area contributed by atoms with Gasteiger partial charge >= 0.3 is 0 Å². The van der Waals surface area contributed by atoms with Crippen LogP contribution in [0.15, 0.2) is 6.07 Å². The van der Waals surface area contributed by atoms with E-state index in [1.54, 1.807) is 0 Å². The molecule has 0 bridgehead atoms. The van der Waals surface area contributed by atoms with E-state index in [-0.39, 0.29) is 0 Å². The second kappa shape index (κ2) is 7.00. The Morgan fingerprint density at radius 1 is 1.29 bits per heavy atom. The van der Waals surface area contributed by atoms with Crippen molar-refractivity contribution in [2.24, 2.45) is 17.8 Å². The summed E-state index contributed by atoms with van der Waals surface area (Å²) in [6.07, 6.45) is 4.14. The van der Waals surface area contributed by atoms with Gasteiger partial charge in [-0.15, -0.1) is 0 Å². The van der Waals surface area contributed by atoms with Gasteiger partial charge in [-0.3, -0.25) is 0 Å². The summed E-state index contributed by atoms with van der Waals surface area (Å²) in [5, 5.41) is 3.89. The molecule has 1 heterocycles. The summed E-state index contributed by atoms with van der Waals surface area (Å²) in [6.45, 7) is 16.0. The number of aryl methyl sites for hydroxylation is 1. The van der Waals surface area contributed by atoms with Gasteiger partial charge in [-0.05, 0) is 63.0 Å². The number of rotatable bonds is 5. The minimum absolute atomic E-state index is 0.693. The summed E-state index contributed by atoms with van der Waals surface area (Å²) in [7, 11) is 0. The molecule has 1 fully saturated rings. The van der Waals surface area contributed by atoms with Crippen molar-refractivity contribution in [3.8, 4) is 0 Å². The van der Waals surface area contributed by atoms with Crippen LogP contribution in [0.5, 0.6) is 0 Å². The number of hydrogen-bond donors (Lipinski definition) is 1. The van der Waals surface area contributed by atoms with E-state index in [0.717, 1.165) is 30.8 Å². The molecule has 2 nitrogen and oxygen atoms in total. The third-order valence-electron chi connectivity index (χ3n) is 5.57. The third-order valence-corrected chi connectivity index (χ3v) is 5.57. The van der Waals surface area contributed by atoms with Gasteiger partial charge in [-0.2, -0.15) is 0 Å². The second-order valence-corrected chi connectivity index (χ2v) is 7.45. The van der Waals surface area contributed by atoms with Gasteiger partial charge in [0, 0.05) is 30.5 Å². The molecule has 2 rings (SSSR count). The summed E-state index contributed by atoms with van der Waals surface area (Å²) in [4.78, 5) is 0. The lowest BCUT2D eigenvalue weighted by Gasteiger charge is -2.38. The molecule has 2 heteroatoms. The van der Waals surface area contributed by atoms with E-state index < -0.39 is 0 Å². The molecule has 0 aliphatic heterocycles. The Kier molecular flexibility index (Phi) is 5.54. The van der Waals surface area contributed by atoms with E-state index in [2.05, 4.69) is 57.5 Å². The van der Waals surface area contributed by atoms with Crippen LogP contribution in [0.1, 0.15) is 63.9 Å². The highest BCUT2D eigenvalue weighted by Gasteiger charge is 2.30. The van der Waals surface area contributed by atoms with E-state index >= 15 is 0 Å². The van der Waals surface area contributed by atoms with Gasteiger partial charge in [-0.1, -0.05) is 27.2 Å². The first-order valence-corrected chi connectivity index (χ1v) is 8.83. The van der Waals surface area contributed by atoms with Crippen LogP contribution in [0.25, 0.3) is 0 Å². The molecule has 1 N–H and O–H groups in total. The Morgan fingerprint density at radius 2 is 2.00 bits per heavy atom. The second-order valence-electron chi connectivity index (χ2n) is 7.45. The van der Waals surface area contributed by atoms with Crippen molar-refractivity contribution >= 4 is 0 Å². The zero-order valence-electron chi connectivity index (χ0n) is 14.9. The van der Waals surface area contributed by atoms with Crippen molar-refractivity contribution in [2.75, 3.05) is 0 Å². The largest absolute Gasteiger partial charge is 0.349 e. The molecule has 1 aromatic heterocycles. The van der Waals surface area contributed by atoms with Crippen LogP contribution >= 0.6 is 0 Å². The van der Waals surface area contributed by atoms with Crippen LogP contribution in [0.4, 0.5) is 0 Å². The normalized spacial score (nSPS) is 26.5. The topological polar surface area (TPSA) is 17.0 Å². The van der Waals surface area contributed by atoms with E-state index in [1.165, 1.54) is 36.2 Å². The smallest absolute Gasteiger partial charge is 0.0226 e. The standard InChI is InChI=1S/C19H34N2/c1-7-21-15(5)11-17(16(21)6)12-20-19-10-14(4)8-9-18(19)13(2)3/h11,13-14,18-20H,7-10,12H2,1-6H3. The first-order chi connectivity index (χ1) is 9.93. The van der Waals surface area contributed by atoms with E-state index in [9.17, 15) is 0 Å². The minimum atomic E-state index is 0.693.